The number of rotatable bonds is 19. The first-order chi connectivity index (χ1) is 37.9. The molecule has 0 atom stereocenters. The molecule has 8 aromatic carbocycles. The standard InChI is InChI=1S/C18H18O3.C17H14O4.C16H14O3.C15H12O3/c1-2-5-13-8-10-14(11-9-13)12-17(19)15-6-3-4-7-16(15)18(20)21;1-11(18)13-6-4-5-12(9-13)10-16(19)14-7-2-3-8-15(14)17(20)21;1-11-5-4-6-12(9-11)10-15(17)13-7-2-3-8-14(13)16(18)19;16-14(10-11-6-2-1-3-7-11)12-8-4-5-9-13(12)15(17)18/h3-4,6-11H,2,5,12H2,1H3,(H,20,21);2-9H,10H2,1H3,(H,20,21);2-9H,10H2,1H3,(H,18,19);1-9H,10H2,(H,17,18). The van der Waals surface area contributed by atoms with Gasteiger partial charge in [0.25, 0.3) is 0 Å². The van der Waals surface area contributed by atoms with Gasteiger partial charge in [-0.2, -0.15) is 0 Å². The minimum atomic E-state index is -1.13. The van der Waals surface area contributed by atoms with Crippen molar-refractivity contribution in [2.45, 2.75) is 59.3 Å². The normalized spacial score (nSPS) is 10.2. The fraction of sp³-hybridized carbons (Fsp3) is 0.136. The van der Waals surface area contributed by atoms with Gasteiger partial charge in [-0.1, -0.05) is 189 Å². The minimum Gasteiger partial charge on any atom is -0.478 e. The van der Waals surface area contributed by atoms with Crippen molar-refractivity contribution >= 4 is 52.8 Å². The average Bonchev–Trinajstić information content (AvgIpc) is 3.45. The molecule has 0 heterocycles. The van der Waals surface area contributed by atoms with E-state index < -0.39 is 23.9 Å². The molecule has 8 aromatic rings. The van der Waals surface area contributed by atoms with Gasteiger partial charge in [0.15, 0.2) is 28.9 Å². The molecule has 4 N–H and O–H groups in total. The maximum atomic E-state index is 12.3. The Morgan fingerprint density at radius 2 is 0.608 bits per heavy atom. The Bertz CT molecular complexity index is 3480. The van der Waals surface area contributed by atoms with Crippen molar-refractivity contribution in [3.63, 3.8) is 0 Å². The highest BCUT2D eigenvalue weighted by Gasteiger charge is 2.20. The number of carboxylic acid groups (broad SMARTS) is 4. The third-order valence-corrected chi connectivity index (χ3v) is 12.1. The lowest BCUT2D eigenvalue weighted by molar-refractivity contribution is 0.0683. The van der Waals surface area contributed by atoms with Gasteiger partial charge in [-0.05, 0) is 78.4 Å². The summed E-state index contributed by atoms with van der Waals surface area (Å²) in [7, 11) is 0. The van der Waals surface area contributed by atoms with Crippen molar-refractivity contribution in [2.75, 3.05) is 0 Å². The molecular weight excluding hydrogens is 1000 g/mol. The number of hydrogen-bond donors (Lipinski definition) is 4. The second kappa shape index (κ2) is 29.9. The number of carbonyl (C=O) groups is 9. The summed E-state index contributed by atoms with van der Waals surface area (Å²) in [6.45, 7) is 5.54. The fourth-order valence-corrected chi connectivity index (χ4v) is 8.20. The fourth-order valence-electron chi connectivity index (χ4n) is 8.20. The Kier molecular flexibility index (Phi) is 22.7. The van der Waals surface area contributed by atoms with Crippen LogP contribution in [0.4, 0.5) is 0 Å². The van der Waals surface area contributed by atoms with E-state index in [1.54, 1.807) is 91.0 Å². The summed E-state index contributed by atoms with van der Waals surface area (Å²) < 4.78 is 0. The van der Waals surface area contributed by atoms with Crippen LogP contribution >= 0.6 is 0 Å². The van der Waals surface area contributed by atoms with Gasteiger partial charge in [0.1, 0.15) is 0 Å². The minimum absolute atomic E-state index is 0.00905. The summed E-state index contributed by atoms with van der Waals surface area (Å²) in [4.78, 5) is 105. The van der Waals surface area contributed by atoms with E-state index in [4.69, 9.17) is 20.4 Å². The predicted molar refractivity (Wildman–Crippen MR) is 300 cm³/mol. The topological polar surface area (TPSA) is 235 Å². The van der Waals surface area contributed by atoms with E-state index in [0.29, 0.717) is 11.1 Å². The first kappa shape index (κ1) is 59.9. The van der Waals surface area contributed by atoms with Gasteiger partial charge in [-0.15, -0.1) is 0 Å². The van der Waals surface area contributed by atoms with Gasteiger partial charge in [0.05, 0.1) is 22.3 Å². The van der Waals surface area contributed by atoms with Crippen molar-refractivity contribution in [1.29, 1.82) is 0 Å². The summed E-state index contributed by atoms with van der Waals surface area (Å²) in [6, 6.07) is 56.7. The molecule has 0 saturated carbocycles. The van der Waals surface area contributed by atoms with Crippen LogP contribution in [0.25, 0.3) is 0 Å². The van der Waals surface area contributed by atoms with Crippen LogP contribution in [0.1, 0.15) is 147 Å². The molecule has 0 saturated heterocycles. The van der Waals surface area contributed by atoms with Crippen LogP contribution in [0.15, 0.2) is 200 Å². The molecule has 0 aliphatic heterocycles. The van der Waals surface area contributed by atoms with E-state index >= 15 is 0 Å². The lowest BCUT2D eigenvalue weighted by Gasteiger charge is -2.06. The Balaban J connectivity index is 0.000000194. The summed E-state index contributed by atoms with van der Waals surface area (Å²) in [5, 5.41) is 36.3. The third kappa shape index (κ3) is 18.4. The monoisotopic (exact) mass is 1060 g/mol. The molecule has 0 unspecified atom stereocenters. The summed E-state index contributed by atoms with van der Waals surface area (Å²) in [6.07, 6.45) is 2.82. The molecule has 0 amide bonds. The Labute approximate surface area is 457 Å². The molecule has 0 fully saturated rings. The first-order valence-electron chi connectivity index (χ1n) is 25.1. The second-order valence-electron chi connectivity index (χ2n) is 18.1. The van der Waals surface area contributed by atoms with E-state index in [1.165, 1.54) is 42.8 Å². The van der Waals surface area contributed by atoms with Crippen molar-refractivity contribution in [2.24, 2.45) is 0 Å². The largest absolute Gasteiger partial charge is 0.478 e. The smallest absolute Gasteiger partial charge is 0.336 e. The predicted octanol–water partition coefficient (Wildman–Crippen LogP) is 12.7. The van der Waals surface area contributed by atoms with Crippen molar-refractivity contribution < 1.29 is 63.6 Å². The highest BCUT2D eigenvalue weighted by atomic mass is 16.4. The van der Waals surface area contributed by atoms with Crippen LogP contribution in [-0.2, 0) is 32.1 Å². The van der Waals surface area contributed by atoms with Crippen LogP contribution in [-0.4, -0.2) is 73.2 Å². The Hall–Kier alpha value is -10.0. The van der Waals surface area contributed by atoms with Gasteiger partial charge in [-0.25, -0.2) is 19.2 Å². The summed E-state index contributed by atoms with van der Waals surface area (Å²) >= 11 is 0. The SMILES string of the molecule is CC(=O)c1cccc(CC(=O)c2ccccc2C(=O)O)c1.CCCc1ccc(CC(=O)c2ccccc2C(=O)O)cc1.Cc1cccc(CC(=O)c2ccccc2C(=O)O)c1.O=C(O)c1ccccc1C(=O)Cc1ccccc1. The van der Waals surface area contributed by atoms with E-state index in [9.17, 15) is 43.2 Å². The molecule has 400 valence electrons. The number of hydrogen-bond acceptors (Lipinski definition) is 9. The highest BCUT2D eigenvalue weighted by Crippen LogP contribution is 2.18. The van der Waals surface area contributed by atoms with Crippen LogP contribution in [0, 0.1) is 6.92 Å². The Morgan fingerprint density at radius 1 is 0.316 bits per heavy atom. The second-order valence-corrected chi connectivity index (χ2v) is 18.1. The molecule has 0 bridgehead atoms. The van der Waals surface area contributed by atoms with Crippen LogP contribution in [0.5, 0.6) is 0 Å². The molecule has 0 aliphatic carbocycles. The molecule has 0 aliphatic rings. The van der Waals surface area contributed by atoms with E-state index in [-0.39, 0.29) is 99.1 Å². The molecule has 79 heavy (non-hydrogen) atoms. The zero-order valence-corrected chi connectivity index (χ0v) is 43.8. The average molecular weight is 1060 g/mol. The number of carboxylic acids is 4. The maximum Gasteiger partial charge on any atom is 0.336 e. The lowest BCUT2D eigenvalue weighted by Crippen LogP contribution is -2.11. The number of aryl methyl sites for hydroxylation is 2. The van der Waals surface area contributed by atoms with Crippen LogP contribution in [0.2, 0.25) is 0 Å². The molecule has 0 spiro atoms. The van der Waals surface area contributed by atoms with Crippen molar-refractivity contribution in [3.05, 3.63) is 284 Å². The highest BCUT2D eigenvalue weighted by molar-refractivity contribution is 6.09. The van der Waals surface area contributed by atoms with Crippen LogP contribution in [0.3, 0.4) is 0 Å². The quantitative estimate of drug-likeness (QED) is 0.0552. The van der Waals surface area contributed by atoms with E-state index in [2.05, 4.69) is 6.92 Å². The molecule has 13 heteroatoms. The number of benzene rings is 8. The number of ketones is 5. The summed E-state index contributed by atoms with van der Waals surface area (Å²) in [5.74, 6) is -5.24. The zero-order valence-electron chi connectivity index (χ0n) is 43.8. The van der Waals surface area contributed by atoms with Gasteiger partial charge in [0, 0.05) is 53.5 Å². The zero-order chi connectivity index (χ0) is 57.4. The van der Waals surface area contributed by atoms with Gasteiger partial charge < -0.3 is 20.4 Å². The lowest BCUT2D eigenvalue weighted by atomic mass is 9.97. The van der Waals surface area contributed by atoms with Crippen molar-refractivity contribution in [3.8, 4) is 0 Å². The molecule has 8 rings (SSSR count). The summed E-state index contributed by atoms with van der Waals surface area (Å²) in [5.41, 5.74) is 7.35. The van der Waals surface area contributed by atoms with Gasteiger partial charge in [0.2, 0.25) is 0 Å². The molecular formula is C66H58O13. The van der Waals surface area contributed by atoms with Crippen LogP contribution < -0.4 is 0 Å². The number of aromatic carboxylic acids is 4. The third-order valence-electron chi connectivity index (χ3n) is 12.1. The molecule has 0 aromatic heterocycles. The van der Waals surface area contributed by atoms with Gasteiger partial charge >= 0.3 is 23.9 Å². The Morgan fingerprint density at radius 3 is 0.949 bits per heavy atom. The van der Waals surface area contributed by atoms with Gasteiger partial charge in [-0.3, -0.25) is 24.0 Å². The van der Waals surface area contributed by atoms with E-state index in [0.717, 1.165) is 35.1 Å². The molecule has 13 nitrogen and oxygen atoms in total. The van der Waals surface area contributed by atoms with Crippen molar-refractivity contribution in [1.82, 2.24) is 0 Å². The number of carbonyl (C=O) groups excluding carboxylic acids is 5. The van der Waals surface area contributed by atoms with E-state index in [1.807, 2.05) is 85.8 Å². The number of Topliss-reactive ketones (excluding diaryl/α,β-unsaturated/α-hetero) is 5. The maximum absolute atomic E-state index is 12.3. The molecule has 0 radical (unpaired) electrons. The first-order valence-corrected chi connectivity index (χ1v) is 25.1.